The fourth-order valence-corrected chi connectivity index (χ4v) is 1.68. The molecule has 1 saturated heterocycles. The van der Waals surface area contributed by atoms with Gasteiger partial charge < -0.3 is 4.74 Å². The molecule has 1 heterocycles. The van der Waals surface area contributed by atoms with Gasteiger partial charge in [-0.15, -0.1) is 0 Å². The summed E-state index contributed by atoms with van der Waals surface area (Å²) in [6, 6.07) is 0. The zero-order valence-electron chi connectivity index (χ0n) is 6.13. The zero-order valence-corrected chi connectivity index (χ0v) is 6.95. The van der Waals surface area contributed by atoms with Crippen molar-refractivity contribution < 1.29 is 9.53 Å². The predicted molar refractivity (Wildman–Crippen MR) is 42.1 cm³/mol. The molecule has 58 valence electrons. The molecule has 0 radical (unpaired) electrons. The van der Waals surface area contributed by atoms with E-state index in [4.69, 9.17) is 4.74 Å². The van der Waals surface area contributed by atoms with Crippen LogP contribution in [-0.2, 0) is 9.53 Å². The summed E-state index contributed by atoms with van der Waals surface area (Å²) < 4.78 is 5.16. The number of ether oxygens (including phenoxy) is 1. The molecule has 0 saturated carbocycles. The molecule has 10 heavy (non-hydrogen) atoms. The second kappa shape index (κ2) is 3.98. The summed E-state index contributed by atoms with van der Waals surface area (Å²) in [6.07, 6.45) is 1.13. The van der Waals surface area contributed by atoms with Crippen molar-refractivity contribution in [2.75, 3.05) is 19.0 Å². The van der Waals surface area contributed by atoms with Crippen LogP contribution in [-0.4, -0.2) is 24.1 Å². The van der Waals surface area contributed by atoms with E-state index in [9.17, 15) is 4.79 Å². The van der Waals surface area contributed by atoms with Gasteiger partial charge in [-0.1, -0.05) is 11.8 Å². The molecule has 0 N–H and O–H groups in total. The molecule has 0 bridgehead atoms. The molecule has 1 unspecified atom stereocenters. The van der Waals surface area contributed by atoms with Crippen molar-refractivity contribution in [2.24, 2.45) is 5.92 Å². The van der Waals surface area contributed by atoms with Crippen molar-refractivity contribution >= 4 is 16.9 Å². The van der Waals surface area contributed by atoms with Crippen molar-refractivity contribution in [1.29, 1.82) is 0 Å². The largest absolute Gasteiger partial charge is 0.381 e. The Bertz CT molecular complexity index is 119. The van der Waals surface area contributed by atoms with Crippen LogP contribution in [0.4, 0.5) is 0 Å². The fraction of sp³-hybridized carbons (Fsp3) is 0.857. The lowest BCUT2D eigenvalue weighted by Crippen LogP contribution is -2.03. The van der Waals surface area contributed by atoms with Crippen LogP contribution in [0.2, 0.25) is 0 Å². The Kier molecular flexibility index (Phi) is 3.22. The maximum Gasteiger partial charge on any atom is 0.185 e. The summed E-state index contributed by atoms with van der Waals surface area (Å²) in [5.74, 6) is 1.56. The molecular weight excluding hydrogens is 148 g/mol. The Balaban J connectivity index is 2.07. The minimum atomic E-state index is 0.215. The SMILES string of the molecule is CC(=O)SCC1CCOC1. The van der Waals surface area contributed by atoms with Crippen LogP contribution in [0.25, 0.3) is 0 Å². The summed E-state index contributed by atoms with van der Waals surface area (Å²) >= 11 is 1.41. The monoisotopic (exact) mass is 160 g/mol. The van der Waals surface area contributed by atoms with Gasteiger partial charge in [-0.3, -0.25) is 4.79 Å². The molecular formula is C7H12O2S. The maximum absolute atomic E-state index is 10.5. The molecule has 1 rings (SSSR count). The molecule has 0 aromatic carbocycles. The maximum atomic E-state index is 10.5. The molecule has 1 fully saturated rings. The van der Waals surface area contributed by atoms with Crippen LogP contribution < -0.4 is 0 Å². The minimum absolute atomic E-state index is 0.215. The second-order valence-electron chi connectivity index (χ2n) is 2.53. The Hall–Kier alpha value is -0.0200. The van der Waals surface area contributed by atoms with Crippen LogP contribution in [0.15, 0.2) is 0 Å². The van der Waals surface area contributed by atoms with E-state index in [-0.39, 0.29) is 5.12 Å². The third kappa shape index (κ3) is 2.71. The predicted octanol–water partition coefficient (Wildman–Crippen LogP) is 1.30. The van der Waals surface area contributed by atoms with E-state index in [1.54, 1.807) is 6.92 Å². The molecule has 0 aliphatic carbocycles. The van der Waals surface area contributed by atoms with Gasteiger partial charge in [0.15, 0.2) is 5.12 Å². The number of hydrogen-bond acceptors (Lipinski definition) is 3. The van der Waals surface area contributed by atoms with E-state index < -0.39 is 0 Å². The van der Waals surface area contributed by atoms with E-state index in [1.807, 2.05) is 0 Å². The third-order valence-corrected chi connectivity index (χ3v) is 2.59. The van der Waals surface area contributed by atoms with Gasteiger partial charge in [-0.25, -0.2) is 0 Å². The van der Waals surface area contributed by atoms with E-state index in [0.29, 0.717) is 5.92 Å². The first-order valence-corrected chi connectivity index (χ1v) is 4.48. The van der Waals surface area contributed by atoms with Crippen LogP contribution in [0.5, 0.6) is 0 Å². The van der Waals surface area contributed by atoms with Gasteiger partial charge in [0.25, 0.3) is 0 Å². The van der Waals surface area contributed by atoms with E-state index >= 15 is 0 Å². The highest BCUT2D eigenvalue weighted by Gasteiger charge is 2.15. The lowest BCUT2D eigenvalue weighted by molar-refractivity contribution is -0.109. The van der Waals surface area contributed by atoms with Gasteiger partial charge in [0.1, 0.15) is 0 Å². The third-order valence-electron chi connectivity index (χ3n) is 1.55. The number of hydrogen-bond donors (Lipinski definition) is 0. The van der Waals surface area contributed by atoms with Gasteiger partial charge >= 0.3 is 0 Å². The summed E-state index contributed by atoms with van der Waals surface area (Å²) in [4.78, 5) is 10.5. The first kappa shape index (κ1) is 8.08. The normalized spacial score (nSPS) is 25.1. The summed E-state index contributed by atoms with van der Waals surface area (Å²) in [5, 5.41) is 0.215. The Morgan fingerprint density at radius 2 is 2.60 bits per heavy atom. The second-order valence-corrected chi connectivity index (χ2v) is 3.73. The van der Waals surface area contributed by atoms with Crippen molar-refractivity contribution in [1.82, 2.24) is 0 Å². The Labute approximate surface area is 65.3 Å². The molecule has 1 atom stereocenters. The highest BCUT2D eigenvalue weighted by Crippen LogP contribution is 2.17. The van der Waals surface area contributed by atoms with Crippen molar-refractivity contribution in [3.63, 3.8) is 0 Å². The quantitative estimate of drug-likeness (QED) is 0.609. The standard InChI is InChI=1S/C7H12O2S/c1-6(8)10-5-7-2-3-9-4-7/h7H,2-5H2,1H3. The topological polar surface area (TPSA) is 26.3 Å². The molecule has 1 aliphatic heterocycles. The molecule has 3 heteroatoms. The smallest absolute Gasteiger partial charge is 0.185 e. The van der Waals surface area contributed by atoms with E-state index in [2.05, 4.69) is 0 Å². The van der Waals surface area contributed by atoms with Crippen molar-refractivity contribution in [2.45, 2.75) is 13.3 Å². The van der Waals surface area contributed by atoms with Gasteiger partial charge in [-0.05, 0) is 12.3 Å². The van der Waals surface area contributed by atoms with Gasteiger partial charge in [0, 0.05) is 19.3 Å². The highest BCUT2D eigenvalue weighted by molar-refractivity contribution is 8.13. The van der Waals surface area contributed by atoms with Crippen LogP contribution >= 0.6 is 11.8 Å². The van der Waals surface area contributed by atoms with Crippen LogP contribution in [0.3, 0.4) is 0 Å². The molecule has 1 aliphatic rings. The molecule has 0 aromatic rings. The van der Waals surface area contributed by atoms with Crippen molar-refractivity contribution in [3.8, 4) is 0 Å². The first-order valence-electron chi connectivity index (χ1n) is 3.50. The van der Waals surface area contributed by atoms with Gasteiger partial charge in [0.05, 0.1) is 6.61 Å². The molecule has 2 nitrogen and oxygen atoms in total. The van der Waals surface area contributed by atoms with Crippen molar-refractivity contribution in [3.05, 3.63) is 0 Å². The average molecular weight is 160 g/mol. The zero-order chi connectivity index (χ0) is 7.40. The average Bonchev–Trinajstić information content (AvgIpc) is 2.34. The van der Waals surface area contributed by atoms with Crippen LogP contribution in [0.1, 0.15) is 13.3 Å². The molecule has 0 spiro atoms. The number of rotatable bonds is 2. The number of carbonyl (C=O) groups excluding carboxylic acids is 1. The van der Waals surface area contributed by atoms with Gasteiger partial charge in [-0.2, -0.15) is 0 Å². The van der Waals surface area contributed by atoms with Crippen LogP contribution in [0, 0.1) is 5.92 Å². The summed E-state index contributed by atoms with van der Waals surface area (Å²) in [7, 11) is 0. The lowest BCUT2D eigenvalue weighted by Gasteiger charge is -2.02. The molecule has 0 amide bonds. The number of thioether (sulfide) groups is 1. The van der Waals surface area contributed by atoms with Gasteiger partial charge in [0.2, 0.25) is 0 Å². The Morgan fingerprint density at radius 1 is 1.80 bits per heavy atom. The fourth-order valence-electron chi connectivity index (χ4n) is 0.950. The minimum Gasteiger partial charge on any atom is -0.381 e. The highest BCUT2D eigenvalue weighted by atomic mass is 32.2. The number of carbonyl (C=O) groups is 1. The first-order chi connectivity index (χ1) is 4.79. The van der Waals surface area contributed by atoms with E-state index in [1.165, 1.54) is 11.8 Å². The lowest BCUT2D eigenvalue weighted by atomic mass is 10.2. The summed E-state index contributed by atoms with van der Waals surface area (Å²) in [6.45, 7) is 3.34. The Morgan fingerprint density at radius 3 is 3.10 bits per heavy atom. The van der Waals surface area contributed by atoms with E-state index in [0.717, 1.165) is 25.4 Å². The summed E-state index contributed by atoms with van der Waals surface area (Å²) in [5.41, 5.74) is 0. The molecule has 0 aromatic heterocycles.